The number of halogens is 5. The molecule has 1 N–H and O–H groups in total. The smallest absolute Gasteiger partial charge is 0.422 e. The summed E-state index contributed by atoms with van der Waals surface area (Å²) >= 11 is 0. The van der Waals surface area contributed by atoms with E-state index in [0.29, 0.717) is 11.8 Å². The highest BCUT2D eigenvalue weighted by molar-refractivity contribution is 5.91. The zero-order valence-electron chi connectivity index (χ0n) is 19.0. The van der Waals surface area contributed by atoms with Crippen LogP contribution in [-0.4, -0.2) is 40.2 Å². The number of methoxy groups -OCH3 is 1. The maximum Gasteiger partial charge on any atom is 0.422 e. The van der Waals surface area contributed by atoms with Crippen LogP contribution in [0.5, 0.6) is 5.75 Å². The largest absolute Gasteiger partial charge is 0.496 e. The Morgan fingerprint density at radius 2 is 1.79 bits per heavy atom. The van der Waals surface area contributed by atoms with E-state index in [1.165, 1.54) is 32.4 Å². The molecule has 1 aromatic heterocycles. The molecule has 0 spiro atoms. The fourth-order valence-electron chi connectivity index (χ4n) is 3.82. The van der Waals surface area contributed by atoms with Gasteiger partial charge < -0.3 is 9.84 Å². The third kappa shape index (κ3) is 4.86. The molecule has 0 aliphatic carbocycles. The second-order valence-corrected chi connectivity index (χ2v) is 8.03. The number of aromatic nitrogens is 2. The van der Waals surface area contributed by atoms with Gasteiger partial charge >= 0.3 is 6.18 Å². The molecule has 0 fully saturated rings. The molecule has 34 heavy (non-hydrogen) atoms. The molecule has 0 bridgehead atoms. The number of rotatable bonds is 7. The third-order valence-electron chi connectivity index (χ3n) is 5.77. The molecule has 182 valence electrons. The highest BCUT2D eigenvalue weighted by Crippen LogP contribution is 2.42. The van der Waals surface area contributed by atoms with Crippen molar-refractivity contribution in [3.05, 3.63) is 59.0 Å². The van der Waals surface area contributed by atoms with E-state index in [4.69, 9.17) is 4.74 Å². The van der Waals surface area contributed by atoms with Gasteiger partial charge in [0.15, 0.2) is 5.60 Å². The van der Waals surface area contributed by atoms with Crippen molar-refractivity contribution in [1.29, 1.82) is 0 Å². The van der Waals surface area contributed by atoms with E-state index in [9.17, 15) is 27.1 Å². The van der Waals surface area contributed by atoms with E-state index in [2.05, 4.69) is 15.0 Å². The Morgan fingerprint density at radius 3 is 2.41 bits per heavy atom. The van der Waals surface area contributed by atoms with Crippen LogP contribution in [0.25, 0.3) is 10.9 Å². The van der Waals surface area contributed by atoms with Gasteiger partial charge in [0.1, 0.15) is 28.7 Å². The molecular formula is C24H24F5N3O2. The molecule has 5 nitrogen and oxygen atoms in total. The highest BCUT2D eigenvalue weighted by atomic mass is 19.4. The molecule has 0 aliphatic heterocycles. The maximum atomic E-state index is 14.1. The molecule has 3 aromatic rings. The molecule has 0 radical (unpaired) electrons. The first-order valence-corrected chi connectivity index (χ1v) is 10.5. The SMILES string of the molecule is CC[C@H](C[C@@](O)(C=Nc1ccc(F)c2nc(C)ncc12)C(F)(F)F)c1ccc(F)c(C)c1OC. The number of aliphatic hydroxyl groups is 1. The number of benzene rings is 2. The number of nitrogens with zero attached hydrogens (tertiary/aromatic N) is 3. The molecule has 3 rings (SSSR count). The normalized spacial score (nSPS) is 15.0. The lowest BCUT2D eigenvalue weighted by molar-refractivity contribution is -0.232. The van der Waals surface area contributed by atoms with Gasteiger partial charge in [0.05, 0.1) is 12.8 Å². The minimum absolute atomic E-state index is 0.0256. The van der Waals surface area contributed by atoms with Crippen LogP contribution in [0, 0.1) is 25.5 Å². The average molecular weight is 481 g/mol. The lowest BCUT2D eigenvalue weighted by Gasteiger charge is -2.31. The van der Waals surface area contributed by atoms with E-state index in [-0.39, 0.29) is 40.1 Å². The van der Waals surface area contributed by atoms with Gasteiger partial charge in [-0.25, -0.2) is 18.7 Å². The minimum Gasteiger partial charge on any atom is -0.496 e. The van der Waals surface area contributed by atoms with Crippen LogP contribution in [0.3, 0.4) is 0 Å². The zero-order chi connectivity index (χ0) is 25.3. The van der Waals surface area contributed by atoms with Gasteiger partial charge in [-0.05, 0) is 56.4 Å². The van der Waals surface area contributed by atoms with Gasteiger partial charge in [-0.2, -0.15) is 13.2 Å². The summed E-state index contributed by atoms with van der Waals surface area (Å²) in [5.74, 6) is -1.64. The van der Waals surface area contributed by atoms with Crippen LogP contribution < -0.4 is 4.74 Å². The monoisotopic (exact) mass is 481 g/mol. The quantitative estimate of drug-likeness (QED) is 0.327. The second-order valence-electron chi connectivity index (χ2n) is 8.03. The van der Waals surface area contributed by atoms with Crippen molar-refractivity contribution in [2.75, 3.05) is 7.11 Å². The molecule has 0 saturated carbocycles. The molecule has 2 atom stereocenters. The zero-order valence-corrected chi connectivity index (χ0v) is 19.0. The van der Waals surface area contributed by atoms with Crippen LogP contribution in [-0.2, 0) is 0 Å². The second kappa shape index (κ2) is 9.61. The van der Waals surface area contributed by atoms with E-state index < -0.39 is 35.8 Å². The van der Waals surface area contributed by atoms with Gasteiger partial charge in [0, 0.05) is 23.4 Å². The topological polar surface area (TPSA) is 67.6 Å². The Morgan fingerprint density at radius 1 is 1.12 bits per heavy atom. The van der Waals surface area contributed by atoms with Crippen LogP contribution in [0.4, 0.5) is 27.6 Å². The Balaban J connectivity index is 2.05. The Labute approximate surface area is 193 Å². The summed E-state index contributed by atoms with van der Waals surface area (Å²) in [7, 11) is 1.30. The average Bonchev–Trinajstić information content (AvgIpc) is 2.78. The minimum atomic E-state index is -5.07. The predicted molar refractivity (Wildman–Crippen MR) is 119 cm³/mol. The van der Waals surface area contributed by atoms with Gasteiger partial charge in [-0.1, -0.05) is 13.0 Å². The summed E-state index contributed by atoms with van der Waals surface area (Å²) in [4.78, 5) is 11.8. The summed E-state index contributed by atoms with van der Waals surface area (Å²) in [5, 5.41) is 10.8. The van der Waals surface area contributed by atoms with E-state index in [1.807, 2.05) is 0 Å². The highest BCUT2D eigenvalue weighted by Gasteiger charge is 2.53. The van der Waals surface area contributed by atoms with Gasteiger partial charge in [-0.15, -0.1) is 0 Å². The molecule has 0 aliphatic rings. The fraction of sp³-hybridized carbons (Fsp3) is 0.375. The lowest BCUT2D eigenvalue weighted by atomic mass is 9.83. The molecule has 2 aromatic carbocycles. The van der Waals surface area contributed by atoms with E-state index in [0.717, 1.165) is 12.1 Å². The summed E-state index contributed by atoms with van der Waals surface area (Å²) in [6, 6.07) is 4.74. The van der Waals surface area contributed by atoms with Crippen LogP contribution >= 0.6 is 0 Å². The summed E-state index contributed by atoms with van der Waals surface area (Å²) in [6.45, 7) is 4.67. The van der Waals surface area contributed by atoms with E-state index >= 15 is 0 Å². The van der Waals surface area contributed by atoms with Crippen LogP contribution in [0.1, 0.15) is 42.6 Å². The van der Waals surface area contributed by atoms with Gasteiger partial charge in [0.2, 0.25) is 0 Å². The van der Waals surface area contributed by atoms with Crippen molar-refractivity contribution in [3.8, 4) is 5.75 Å². The van der Waals surface area contributed by atoms with Crippen molar-refractivity contribution in [2.24, 2.45) is 4.99 Å². The Kier molecular flexibility index (Phi) is 7.21. The number of aliphatic imine (C=N–C) groups is 1. The van der Waals surface area contributed by atoms with Crippen molar-refractivity contribution in [1.82, 2.24) is 9.97 Å². The van der Waals surface area contributed by atoms with Crippen LogP contribution in [0.15, 0.2) is 35.5 Å². The summed E-state index contributed by atoms with van der Waals surface area (Å²) < 4.78 is 75.5. The molecule has 0 saturated heterocycles. The summed E-state index contributed by atoms with van der Waals surface area (Å²) in [5.41, 5.74) is -2.93. The van der Waals surface area contributed by atoms with Crippen molar-refractivity contribution >= 4 is 22.8 Å². The first-order chi connectivity index (χ1) is 15.9. The molecular weight excluding hydrogens is 457 g/mol. The first kappa shape index (κ1) is 25.5. The van der Waals surface area contributed by atoms with Crippen molar-refractivity contribution in [2.45, 2.75) is 51.3 Å². The summed E-state index contributed by atoms with van der Waals surface area (Å²) in [6.07, 6.45) is -3.98. The fourth-order valence-corrected chi connectivity index (χ4v) is 3.82. The number of hydrogen-bond acceptors (Lipinski definition) is 5. The van der Waals surface area contributed by atoms with Gasteiger partial charge in [0.25, 0.3) is 0 Å². The number of fused-ring (bicyclic) bond motifs is 1. The van der Waals surface area contributed by atoms with Crippen molar-refractivity contribution < 1.29 is 31.8 Å². The third-order valence-corrected chi connectivity index (χ3v) is 5.77. The lowest BCUT2D eigenvalue weighted by Crippen LogP contribution is -2.47. The van der Waals surface area contributed by atoms with Crippen molar-refractivity contribution in [3.63, 3.8) is 0 Å². The van der Waals surface area contributed by atoms with E-state index in [1.54, 1.807) is 13.8 Å². The number of hydrogen-bond donors (Lipinski definition) is 1. The molecule has 0 unspecified atom stereocenters. The number of aryl methyl sites for hydroxylation is 1. The maximum absolute atomic E-state index is 14.1. The molecule has 0 amide bonds. The molecule has 1 heterocycles. The number of ether oxygens (including phenoxy) is 1. The Bertz CT molecular complexity index is 1230. The van der Waals surface area contributed by atoms with Gasteiger partial charge in [-0.3, -0.25) is 4.99 Å². The van der Waals surface area contributed by atoms with Crippen LogP contribution in [0.2, 0.25) is 0 Å². The first-order valence-electron chi connectivity index (χ1n) is 10.5. The Hall–Kier alpha value is -3.14. The molecule has 10 heteroatoms. The standard InChI is InChI=1S/C24H24F5N3O2/c1-5-15(16-6-7-18(25)13(2)22(16)34-4)10-23(33,24(27,28)29)12-31-20-9-8-19(26)21-17(20)11-30-14(3)32-21/h6-9,11-12,15,33H,5,10H2,1-4H3/t15-,23-/m1/s1. The number of alkyl halides is 3. The predicted octanol–water partition coefficient (Wildman–Crippen LogP) is 6.11.